The molecule has 0 saturated heterocycles. The Labute approximate surface area is 103 Å². The number of amides is 2. The fraction of sp³-hybridized carbons (Fsp3) is 0.154. The van der Waals surface area contributed by atoms with Crippen LogP contribution >= 0.6 is 0 Å². The fourth-order valence-electron chi connectivity index (χ4n) is 1.92. The van der Waals surface area contributed by atoms with Gasteiger partial charge in [-0.3, -0.25) is 19.3 Å². The van der Waals surface area contributed by atoms with Crippen LogP contribution in [0.2, 0.25) is 0 Å². The minimum Gasteiger partial charge on any atom is -0.481 e. The molecule has 1 N–H and O–H groups in total. The second-order valence-electron chi connectivity index (χ2n) is 3.90. The molecule has 18 heavy (non-hydrogen) atoms. The Bertz CT molecular complexity index is 503. The van der Waals surface area contributed by atoms with Gasteiger partial charge in [0.15, 0.2) is 0 Å². The van der Waals surface area contributed by atoms with Crippen LogP contribution in [0.1, 0.15) is 18.0 Å². The van der Waals surface area contributed by atoms with Crippen LogP contribution in [0.25, 0.3) is 0 Å². The van der Waals surface area contributed by atoms with Crippen LogP contribution in [0.3, 0.4) is 0 Å². The number of aliphatic carboxylic acids is 1. The first-order valence-corrected chi connectivity index (χ1v) is 5.41. The van der Waals surface area contributed by atoms with E-state index in [1.54, 1.807) is 30.3 Å². The first kappa shape index (κ1) is 12.0. The highest BCUT2D eigenvalue weighted by Gasteiger charge is 2.33. The summed E-state index contributed by atoms with van der Waals surface area (Å²) in [6.07, 6.45) is 2.00. The topological polar surface area (TPSA) is 74.7 Å². The van der Waals surface area contributed by atoms with Gasteiger partial charge in [-0.25, -0.2) is 0 Å². The van der Waals surface area contributed by atoms with Crippen molar-refractivity contribution in [3.63, 3.8) is 0 Å². The number of carbonyl (C=O) groups is 3. The van der Waals surface area contributed by atoms with Crippen LogP contribution in [-0.4, -0.2) is 27.8 Å². The Kier molecular flexibility index (Phi) is 3.23. The van der Waals surface area contributed by atoms with E-state index < -0.39 is 23.8 Å². The van der Waals surface area contributed by atoms with E-state index in [0.29, 0.717) is 5.56 Å². The number of carboxylic acid groups (broad SMARTS) is 1. The summed E-state index contributed by atoms with van der Waals surface area (Å²) in [4.78, 5) is 35.1. The quantitative estimate of drug-likeness (QED) is 0.807. The van der Waals surface area contributed by atoms with E-state index in [2.05, 4.69) is 0 Å². The number of imide groups is 1. The van der Waals surface area contributed by atoms with Gasteiger partial charge in [0, 0.05) is 12.2 Å². The first-order valence-electron chi connectivity index (χ1n) is 5.41. The second-order valence-corrected chi connectivity index (χ2v) is 3.90. The number of benzene rings is 1. The molecule has 0 aromatic heterocycles. The van der Waals surface area contributed by atoms with Crippen LogP contribution in [-0.2, 0) is 14.4 Å². The number of carboxylic acids is 1. The van der Waals surface area contributed by atoms with Gasteiger partial charge in [-0.1, -0.05) is 30.3 Å². The van der Waals surface area contributed by atoms with Crippen molar-refractivity contribution in [3.05, 3.63) is 48.0 Å². The van der Waals surface area contributed by atoms with Crippen molar-refractivity contribution in [3.8, 4) is 0 Å². The van der Waals surface area contributed by atoms with E-state index in [-0.39, 0.29) is 6.42 Å². The van der Waals surface area contributed by atoms with Gasteiger partial charge in [-0.05, 0) is 5.56 Å². The highest BCUT2D eigenvalue weighted by atomic mass is 16.4. The highest BCUT2D eigenvalue weighted by Crippen LogP contribution is 2.27. The molecule has 0 aliphatic carbocycles. The normalized spacial score (nSPS) is 16.1. The van der Waals surface area contributed by atoms with Crippen molar-refractivity contribution in [1.82, 2.24) is 4.90 Å². The summed E-state index contributed by atoms with van der Waals surface area (Å²) in [5.74, 6) is -2.01. The third kappa shape index (κ3) is 2.29. The molecule has 1 aromatic rings. The third-order valence-corrected chi connectivity index (χ3v) is 2.71. The summed E-state index contributed by atoms with van der Waals surface area (Å²) in [6.45, 7) is 0. The molecule has 0 fully saturated rings. The number of hydrogen-bond donors (Lipinski definition) is 1. The molecule has 1 unspecified atom stereocenters. The minimum absolute atomic E-state index is 0.302. The van der Waals surface area contributed by atoms with E-state index in [4.69, 9.17) is 5.11 Å². The van der Waals surface area contributed by atoms with Gasteiger partial charge >= 0.3 is 5.97 Å². The maximum atomic E-state index is 11.6. The molecule has 0 saturated carbocycles. The molecule has 0 spiro atoms. The Morgan fingerprint density at radius 2 is 1.67 bits per heavy atom. The first-order chi connectivity index (χ1) is 8.59. The van der Waals surface area contributed by atoms with Gasteiger partial charge < -0.3 is 5.11 Å². The molecule has 0 radical (unpaired) electrons. The maximum Gasteiger partial charge on any atom is 0.305 e. The predicted octanol–water partition coefficient (Wildman–Crippen LogP) is 1.13. The monoisotopic (exact) mass is 245 g/mol. The lowest BCUT2D eigenvalue weighted by Crippen LogP contribution is -2.35. The third-order valence-electron chi connectivity index (χ3n) is 2.71. The Morgan fingerprint density at radius 1 is 1.11 bits per heavy atom. The molecule has 2 rings (SSSR count). The van der Waals surface area contributed by atoms with E-state index in [1.807, 2.05) is 0 Å². The van der Waals surface area contributed by atoms with Crippen molar-refractivity contribution in [2.75, 3.05) is 0 Å². The molecular formula is C13H11NO4. The molecule has 5 heteroatoms. The molecule has 1 aliphatic rings. The van der Waals surface area contributed by atoms with Gasteiger partial charge in [0.05, 0.1) is 12.5 Å². The standard InChI is InChI=1S/C13H11NO4/c15-11-6-7-12(16)14(11)10(8-13(17)18)9-4-2-1-3-5-9/h1-7,10H,8H2,(H,17,18). The van der Waals surface area contributed by atoms with Gasteiger partial charge in [0.25, 0.3) is 11.8 Å². The molecule has 1 aliphatic heterocycles. The van der Waals surface area contributed by atoms with E-state index in [9.17, 15) is 14.4 Å². The summed E-state index contributed by atoms with van der Waals surface area (Å²) in [6, 6.07) is 7.90. The van der Waals surface area contributed by atoms with Gasteiger partial charge in [0.1, 0.15) is 0 Å². The van der Waals surface area contributed by atoms with Crippen LogP contribution in [0.5, 0.6) is 0 Å². The number of rotatable bonds is 4. The van der Waals surface area contributed by atoms with E-state index in [1.165, 1.54) is 0 Å². The smallest absolute Gasteiger partial charge is 0.305 e. The Morgan fingerprint density at radius 3 is 2.17 bits per heavy atom. The summed E-state index contributed by atoms with van der Waals surface area (Å²) >= 11 is 0. The van der Waals surface area contributed by atoms with Crippen molar-refractivity contribution < 1.29 is 19.5 Å². The van der Waals surface area contributed by atoms with Crippen LogP contribution in [0, 0.1) is 0 Å². The average molecular weight is 245 g/mol. The lowest BCUT2D eigenvalue weighted by atomic mass is 10.0. The van der Waals surface area contributed by atoms with Gasteiger partial charge in [-0.2, -0.15) is 0 Å². The lowest BCUT2D eigenvalue weighted by Gasteiger charge is -2.25. The minimum atomic E-state index is -1.06. The number of nitrogens with zero attached hydrogens (tertiary/aromatic N) is 1. The average Bonchev–Trinajstić information content (AvgIpc) is 2.67. The molecule has 1 atom stereocenters. The Balaban J connectivity index is 2.34. The summed E-state index contributed by atoms with van der Waals surface area (Å²) in [7, 11) is 0. The summed E-state index contributed by atoms with van der Waals surface area (Å²) < 4.78 is 0. The highest BCUT2D eigenvalue weighted by molar-refractivity contribution is 6.13. The number of carbonyl (C=O) groups excluding carboxylic acids is 2. The zero-order valence-corrected chi connectivity index (χ0v) is 9.45. The molecule has 5 nitrogen and oxygen atoms in total. The fourth-order valence-corrected chi connectivity index (χ4v) is 1.92. The van der Waals surface area contributed by atoms with E-state index in [0.717, 1.165) is 17.1 Å². The summed E-state index contributed by atoms with van der Waals surface area (Å²) in [5.41, 5.74) is 0.630. The molecule has 0 bridgehead atoms. The molecule has 92 valence electrons. The van der Waals surface area contributed by atoms with Crippen LogP contribution in [0.4, 0.5) is 0 Å². The van der Waals surface area contributed by atoms with Gasteiger partial charge in [-0.15, -0.1) is 0 Å². The molecular weight excluding hydrogens is 234 g/mol. The maximum absolute atomic E-state index is 11.6. The van der Waals surface area contributed by atoms with Crippen LogP contribution in [0.15, 0.2) is 42.5 Å². The van der Waals surface area contributed by atoms with Crippen molar-refractivity contribution in [2.45, 2.75) is 12.5 Å². The zero-order valence-electron chi connectivity index (χ0n) is 9.45. The molecule has 1 heterocycles. The Hall–Kier alpha value is -2.43. The molecule has 2 amide bonds. The second kappa shape index (κ2) is 4.83. The van der Waals surface area contributed by atoms with Crippen LogP contribution < -0.4 is 0 Å². The largest absolute Gasteiger partial charge is 0.481 e. The zero-order chi connectivity index (χ0) is 13.1. The van der Waals surface area contributed by atoms with E-state index >= 15 is 0 Å². The SMILES string of the molecule is O=C(O)CC(c1ccccc1)N1C(=O)C=CC1=O. The summed E-state index contributed by atoms with van der Waals surface area (Å²) in [5, 5.41) is 8.91. The van der Waals surface area contributed by atoms with Crippen molar-refractivity contribution in [1.29, 1.82) is 0 Å². The predicted molar refractivity (Wildman–Crippen MR) is 62.4 cm³/mol. The molecule has 1 aromatic carbocycles. The lowest BCUT2D eigenvalue weighted by molar-refractivity contribution is -0.143. The van der Waals surface area contributed by atoms with Gasteiger partial charge in [0.2, 0.25) is 0 Å². The van der Waals surface area contributed by atoms with Crippen molar-refractivity contribution in [2.24, 2.45) is 0 Å². The number of hydrogen-bond acceptors (Lipinski definition) is 3. The van der Waals surface area contributed by atoms with Crippen molar-refractivity contribution >= 4 is 17.8 Å².